The summed E-state index contributed by atoms with van der Waals surface area (Å²) in [4.78, 5) is 26.9. The first kappa shape index (κ1) is 30.5. The molecule has 43 heavy (non-hydrogen) atoms. The number of H-pyrrole nitrogens is 1. The number of alkyl halides is 5. The largest absolute Gasteiger partial charge is 0.494 e. The van der Waals surface area contributed by atoms with Gasteiger partial charge in [0.05, 0.1) is 12.7 Å². The summed E-state index contributed by atoms with van der Waals surface area (Å²) in [6.45, 7) is -3.26. The van der Waals surface area contributed by atoms with Crippen LogP contribution in [0.1, 0.15) is 23.0 Å². The molecule has 1 atom stereocenters. The van der Waals surface area contributed by atoms with E-state index in [-0.39, 0.29) is 34.1 Å². The monoisotopic (exact) mass is 610 g/mol. The maximum atomic E-state index is 15.2. The number of aromatic nitrogens is 3. The third kappa shape index (κ3) is 6.88. The molecule has 0 aliphatic rings. The predicted molar refractivity (Wildman–Crippen MR) is 138 cm³/mol. The van der Waals surface area contributed by atoms with Crippen LogP contribution in [0, 0.1) is 11.2 Å². The molecule has 3 aromatic carbocycles. The number of rotatable bonds is 10. The van der Waals surface area contributed by atoms with Crippen molar-refractivity contribution in [3.63, 3.8) is 0 Å². The van der Waals surface area contributed by atoms with Crippen molar-refractivity contribution in [3.05, 3.63) is 93.9 Å². The van der Waals surface area contributed by atoms with Gasteiger partial charge in [-0.15, -0.1) is 5.10 Å². The Labute approximate surface area is 237 Å². The second kappa shape index (κ2) is 12.2. The Morgan fingerprint density at radius 1 is 1.09 bits per heavy atom. The lowest BCUT2D eigenvalue weighted by Crippen LogP contribution is -2.29. The molecule has 0 saturated carbocycles. The van der Waals surface area contributed by atoms with Gasteiger partial charge in [0.1, 0.15) is 40.6 Å². The van der Waals surface area contributed by atoms with Crippen LogP contribution in [0.4, 0.5) is 32.0 Å². The molecule has 0 bridgehead atoms. The average Bonchev–Trinajstić information content (AvgIpc) is 3.32. The zero-order valence-corrected chi connectivity index (χ0v) is 21.7. The zero-order chi connectivity index (χ0) is 31.5. The van der Waals surface area contributed by atoms with Crippen molar-refractivity contribution < 1.29 is 45.3 Å². The number of nitrogens with two attached hydrogens (primary N) is 1. The number of esters is 1. The minimum Gasteiger partial charge on any atom is -0.494 e. The summed E-state index contributed by atoms with van der Waals surface area (Å²) in [6, 6.07) is 10.5. The van der Waals surface area contributed by atoms with Gasteiger partial charge < -0.3 is 25.3 Å². The molecule has 0 saturated heterocycles. The lowest BCUT2D eigenvalue weighted by Gasteiger charge is -2.21. The Morgan fingerprint density at radius 2 is 1.81 bits per heavy atom. The highest BCUT2D eigenvalue weighted by Crippen LogP contribution is 2.33. The van der Waals surface area contributed by atoms with Gasteiger partial charge in [0.25, 0.3) is 0 Å². The number of hydrogen-bond acceptors (Lipinski definition) is 8. The minimum atomic E-state index is -5.39. The highest BCUT2D eigenvalue weighted by molar-refractivity contribution is 5.99. The molecule has 0 fully saturated rings. The van der Waals surface area contributed by atoms with Crippen LogP contribution >= 0.6 is 0 Å². The van der Waals surface area contributed by atoms with E-state index in [9.17, 15) is 31.5 Å². The Balaban J connectivity index is 1.85. The highest BCUT2D eigenvalue weighted by atomic mass is 19.4. The molecule has 0 radical (unpaired) electrons. The lowest BCUT2D eigenvalue weighted by molar-refractivity contribution is -0.189. The van der Waals surface area contributed by atoms with Crippen LogP contribution < -0.4 is 31.0 Å². The summed E-state index contributed by atoms with van der Waals surface area (Å²) < 4.78 is 94.6. The van der Waals surface area contributed by atoms with Crippen molar-refractivity contribution in [3.8, 4) is 22.9 Å². The molecule has 4 aromatic rings. The number of nitrogen functional groups attached to an aromatic ring is 1. The van der Waals surface area contributed by atoms with Gasteiger partial charge in [0, 0.05) is 17.3 Å². The van der Waals surface area contributed by atoms with Crippen LogP contribution in [-0.4, -0.2) is 46.5 Å². The number of aromatic amines is 1. The molecule has 1 heterocycles. The maximum Gasteiger partial charge on any atom is 0.491 e. The standard InChI is InChI=1S/C26H20F6N6O5/c1-41-18-5-3-2-4-17(18)38-25(40)36-22(37-38)20(15-11-13(42-24(28)29)7-9-16(15)27)35-12-6-8-14(21(33)34)19(10-12)43-23(39)26(30,31)32/h2-11,20,24,35H,1H3,(H3,33,34)(H,36,37,40). The average molecular weight is 610 g/mol. The van der Waals surface area contributed by atoms with Gasteiger partial charge in [-0.3, -0.25) is 10.4 Å². The maximum absolute atomic E-state index is 15.2. The molecule has 0 aliphatic heterocycles. The quantitative estimate of drug-likeness (QED) is 0.0682. The van der Waals surface area contributed by atoms with E-state index in [1.54, 1.807) is 12.1 Å². The van der Waals surface area contributed by atoms with Crippen LogP contribution in [0.3, 0.4) is 0 Å². The molecule has 17 heteroatoms. The fourth-order valence-electron chi connectivity index (χ4n) is 3.89. The molecule has 0 spiro atoms. The Morgan fingerprint density at radius 3 is 2.47 bits per heavy atom. The first-order valence-corrected chi connectivity index (χ1v) is 11.9. The number of nitrogens with one attached hydrogen (secondary N) is 3. The third-order valence-corrected chi connectivity index (χ3v) is 5.74. The number of ether oxygens (including phenoxy) is 3. The molecule has 226 valence electrons. The number of nitrogens with zero attached hydrogens (tertiary/aromatic N) is 2. The van der Waals surface area contributed by atoms with E-state index in [1.165, 1.54) is 25.3 Å². The van der Waals surface area contributed by atoms with Crippen LogP contribution in [0.5, 0.6) is 17.2 Å². The number of benzene rings is 3. The number of hydrogen-bond donors (Lipinski definition) is 4. The number of para-hydroxylation sites is 2. The first-order valence-electron chi connectivity index (χ1n) is 11.9. The molecule has 0 amide bonds. The van der Waals surface area contributed by atoms with E-state index in [1.807, 2.05) is 0 Å². The van der Waals surface area contributed by atoms with E-state index in [0.29, 0.717) is 0 Å². The van der Waals surface area contributed by atoms with E-state index >= 15 is 4.39 Å². The van der Waals surface area contributed by atoms with Crippen LogP contribution in [0.25, 0.3) is 5.69 Å². The Bertz CT molecular complexity index is 1720. The number of carbonyl (C=O) groups excluding carboxylic acids is 1. The summed E-state index contributed by atoms with van der Waals surface area (Å²) in [5.74, 6) is -5.60. The molecule has 11 nitrogen and oxygen atoms in total. The van der Waals surface area contributed by atoms with Crippen molar-refractivity contribution in [2.75, 3.05) is 12.4 Å². The van der Waals surface area contributed by atoms with Crippen molar-refractivity contribution in [2.24, 2.45) is 5.73 Å². The van der Waals surface area contributed by atoms with Gasteiger partial charge in [-0.2, -0.15) is 26.6 Å². The molecule has 0 aliphatic carbocycles. The molecule has 1 unspecified atom stereocenters. The van der Waals surface area contributed by atoms with Crippen LogP contribution in [0.15, 0.2) is 65.5 Å². The lowest BCUT2D eigenvalue weighted by atomic mass is 10.0. The second-order valence-electron chi connectivity index (χ2n) is 8.55. The normalized spacial score (nSPS) is 12.1. The van der Waals surface area contributed by atoms with Crippen molar-refractivity contribution in [1.29, 1.82) is 5.41 Å². The van der Waals surface area contributed by atoms with Crippen molar-refractivity contribution >= 4 is 17.5 Å². The number of halogens is 6. The number of carbonyl (C=O) groups is 1. The number of amidine groups is 1. The van der Waals surface area contributed by atoms with Gasteiger partial charge in [0.15, 0.2) is 5.82 Å². The van der Waals surface area contributed by atoms with Gasteiger partial charge in [-0.05, 0) is 42.5 Å². The molecule has 4 rings (SSSR count). The predicted octanol–water partition coefficient (Wildman–Crippen LogP) is 4.26. The molecular formula is C26H20F6N6O5. The fourth-order valence-corrected chi connectivity index (χ4v) is 3.89. The van der Waals surface area contributed by atoms with Gasteiger partial charge >= 0.3 is 24.4 Å². The van der Waals surface area contributed by atoms with E-state index in [4.69, 9.17) is 15.9 Å². The first-order chi connectivity index (χ1) is 20.3. The SMILES string of the molecule is COc1ccccc1-n1nc(C(Nc2ccc(C(=N)N)c(OC(=O)C(F)(F)F)c2)c2cc(OC(F)F)ccc2F)[nH]c1=O. The molecule has 1 aromatic heterocycles. The summed E-state index contributed by atoms with van der Waals surface area (Å²) in [5.41, 5.74) is 3.85. The second-order valence-corrected chi connectivity index (χ2v) is 8.55. The fraction of sp³-hybridized carbons (Fsp3) is 0.154. The van der Waals surface area contributed by atoms with E-state index in [2.05, 4.69) is 24.9 Å². The van der Waals surface area contributed by atoms with Gasteiger partial charge in [0.2, 0.25) is 0 Å². The van der Waals surface area contributed by atoms with Crippen molar-refractivity contribution in [2.45, 2.75) is 18.8 Å². The van der Waals surface area contributed by atoms with E-state index < -0.39 is 53.6 Å². The Hall–Kier alpha value is -5.48. The summed E-state index contributed by atoms with van der Waals surface area (Å²) in [7, 11) is 1.35. The third-order valence-electron chi connectivity index (χ3n) is 5.74. The molecular weight excluding hydrogens is 590 g/mol. The van der Waals surface area contributed by atoms with Gasteiger partial charge in [-0.25, -0.2) is 14.0 Å². The minimum absolute atomic E-state index is 0.146. The van der Waals surface area contributed by atoms with E-state index in [0.717, 1.165) is 35.0 Å². The summed E-state index contributed by atoms with van der Waals surface area (Å²) in [5, 5.41) is 14.5. The van der Waals surface area contributed by atoms with Crippen LogP contribution in [-0.2, 0) is 4.79 Å². The number of anilines is 1. The summed E-state index contributed by atoms with van der Waals surface area (Å²) >= 11 is 0. The van der Waals surface area contributed by atoms with Gasteiger partial charge in [-0.1, -0.05) is 12.1 Å². The van der Waals surface area contributed by atoms with Crippen LogP contribution in [0.2, 0.25) is 0 Å². The number of methoxy groups -OCH3 is 1. The van der Waals surface area contributed by atoms with Crippen molar-refractivity contribution in [1.82, 2.24) is 14.8 Å². The highest BCUT2D eigenvalue weighted by Gasteiger charge is 2.42. The summed E-state index contributed by atoms with van der Waals surface area (Å²) in [6.07, 6.45) is -5.39. The topological polar surface area (TPSA) is 157 Å². The smallest absolute Gasteiger partial charge is 0.491 e. The zero-order valence-electron chi connectivity index (χ0n) is 21.7. The Kier molecular flexibility index (Phi) is 8.63. The molecule has 5 N–H and O–H groups in total.